The van der Waals surface area contributed by atoms with Crippen LogP contribution in [0.25, 0.3) is 0 Å². The molecule has 146 valence electrons. The molecule has 2 saturated carbocycles. The topological polar surface area (TPSA) is 66.5 Å². The molecule has 5 aliphatic rings. The highest BCUT2D eigenvalue weighted by molar-refractivity contribution is 6.09. The van der Waals surface area contributed by atoms with Gasteiger partial charge in [0.05, 0.1) is 11.8 Å². The number of hydrogen-bond donors (Lipinski definition) is 1. The number of imide groups is 1. The van der Waals surface area contributed by atoms with Crippen molar-refractivity contribution in [1.29, 1.82) is 0 Å². The summed E-state index contributed by atoms with van der Waals surface area (Å²) in [6.07, 6.45) is 7.07. The Hall–Kier alpha value is -2.43. The Morgan fingerprint density at radius 1 is 1.00 bits per heavy atom. The molecule has 4 aliphatic carbocycles. The second-order valence-electron chi connectivity index (χ2n) is 8.62. The second kappa shape index (κ2) is 6.29. The normalized spacial score (nSPS) is 34.4. The molecule has 6 unspecified atom stereocenters. The van der Waals surface area contributed by atoms with Gasteiger partial charge < -0.3 is 5.32 Å². The summed E-state index contributed by atoms with van der Waals surface area (Å²) in [5, 5.41) is 2.99. The standard InChI is InChI=1S/C23H26N2O3/c1-3-12-6-5-7-13(4-2)21(12)24-18(26)11-25-22(27)19-14-8-9-15(17-10-16(14)17)20(19)23(25)28/h5-9,14-17,19-20H,3-4,10-11H2,1-2H3,(H,24,26). The van der Waals surface area contributed by atoms with Crippen molar-refractivity contribution >= 4 is 23.4 Å². The number of nitrogens with one attached hydrogen (secondary N) is 1. The van der Waals surface area contributed by atoms with E-state index in [9.17, 15) is 14.4 Å². The van der Waals surface area contributed by atoms with E-state index in [4.69, 9.17) is 0 Å². The predicted molar refractivity (Wildman–Crippen MR) is 105 cm³/mol. The maximum Gasteiger partial charge on any atom is 0.244 e. The number of rotatable bonds is 5. The van der Waals surface area contributed by atoms with Crippen LogP contribution in [0.5, 0.6) is 0 Å². The van der Waals surface area contributed by atoms with Crippen molar-refractivity contribution in [2.45, 2.75) is 33.1 Å². The Labute approximate surface area is 165 Å². The Morgan fingerprint density at radius 3 is 2.04 bits per heavy atom. The molecule has 2 bridgehead atoms. The number of allylic oxidation sites excluding steroid dienone is 2. The van der Waals surface area contributed by atoms with Crippen molar-refractivity contribution in [1.82, 2.24) is 4.90 Å². The number of aryl methyl sites for hydroxylation is 2. The highest BCUT2D eigenvalue weighted by atomic mass is 16.2. The van der Waals surface area contributed by atoms with Crippen molar-refractivity contribution in [3.63, 3.8) is 0 Å². The summed E-state index contributed by atoms with van der Waals surface area (Å²) in [6.45, 7) is 3.92. The first-order valence-corrected chi connectivity index (χ1v) is 10.5. The lowest BCUT2D eigenvalue weighted by Crippen LogP contribution is -2.40. The fourth-order valence-corrected chi connectivity index (χ4v) is 5.90. The molecule has 1 heterocycles. The summed E-state index contributed by atoms with van der Waals surface area (Å²) >= 11 is 0. The molecule has 1 aromatic rings. The number of hydrogen-bond acceptors (Lipinski definition) is 3. The number of carbonyl (C=O) groups is 3. The van der Waals surface area contributed by atoms with Crippen LogP contribution in [0.1, 0.15) is 31.4 Å². The van der Waals surface area contributed by atoms with Gasteiger partial charge in [0.1, 0.15) is 6.54 Å². The van der Waals surface area contributed by atoms with Gasteiger partial charge in [0, 0.05) is 5.69 Å². The van der Waals surface area contributed by atoms with E-state index < -0.39 is 0 Å². The maximum absolute atomic E-state index is 13.0. The van der Waals surface area contributed by atoms with Crippen molar-refractivity contribution in [2.24, 2.45) is 35.5 Å². The fourth-order valence-electron chi connectivity index (χ4n) is 5.90. The van der Waals surface area contributed by atoms with Gasteiger partial charge in [0.2, 0.25) is 17.7 Å². The van der Waals surface area contributed by atoms with Crippen LogP contribution in [0.4, 0.5) is 5.69 Å². The molecule has 6 rings (SSSR count). The van der Waals surface area contributed by atoms with Crippen LogP contribution in [0, 0.1) is 35.5 Å². The zero-order valence-corrected chi connectivity index (χ0v) is 16.4. The van der Waals surface area contributed by atoms with Crippen LogP contribution >= 0.6 is 0 Å². The summed E-state index contributed by atoms with van der Waals surface area (Å²) in [4.78, 5) is 40.1. The smallest absolute Gasteiger partial charge is 0.244 e. The second-order valence-corrected chi connectivity index (χ2v) is 8.62. The zero-order valence-electron chi connectivity index (χ0n) is 16.4. The summed E-state index contributed by atoms with van der Waals surface area (Å²) in [6, 6.07) is 6.01. The van der Waals surface area contributed by atoms with Crippen LogP contribution in [0.2, 0.25) is 0 Å². The molecule has 1 aromatic carbocycles. The summed E-state index contributed by atoms with van der Waals surface area (Å²) in [7, 11) is 0. The van der Waals surface area contributed by atoms with Gasteiger partial charge in [0.25, 0.3) is 0 Å². The van der Waals surface area contributed by atoms with Crippen LogP contribution in [-0.4, -0.2) is 29.2 Å². The molecule has 0 spiro atoms. The molecule has 3 amide bonds. The summed E-state index contributed by atoms with van der Waals surface area (Å²) in [5.74, 6) is 0.469. The van der Waals surface area contributed by atoms with Crippen LogP contribution in [0.15, 0.2) is 30.4 Å². The average molecular weight is 378 g/mol. The van der Waals surface area contributed by atoms with E-state index in [1.807, 2.05) is 18.2 Å². The minimum absolute atomic E-state index is 0.144. The molecule has 6 atom stereocenters. The molecule has 5 heteroatoms. The first-order valence-electron chi connectivity index (χ1n) is 10.5. The lowest BCUT2D eigenvalue weighted by atomic mass is 9.63. The number of nitrogens with zero attached hydrogens (tertiary/aromatic N) is 1. The predicted octanol–water partition coefficient (Wildman–Crippen LogP) is 2.80. The van der Waals surface area contributed by atoms with Gasteiger partial charge in [-0.2, -0.15) is 0 Å². The molecule has 0 radical (unpaired) electrons. The molecule has 0 aromatic heterocycles. The number of amides is 3. The SMILES string of the molecule is CCc1cccc(CC)c1NC(=O)CN1C(=O)C2C3C=CC(C4CC34)C2C1=O. The van der Waals surface area contributed by atoms with Gasteiger partial charge in [-0.1, -0.05) is 44.2 Å². The molecule has 3 fully saturated rings. The molecule has 1 N–H and O–H groups in total. The first-order chi connectivity index (χ1) is 13.5. The number of anilines is 1. The van der Waals surface area contributed by atoms with Crippen LogP contribution in [-0.2, 0) is 27.2 Å². The van der Waals surface area contributed by atoms with Gasteiger partial charge in [-0.25, -0.2) is 0 Å². The van der Waals surface area contributed by atoms with E-state index >= 15 is 0 Å². The number of carbonyl (C=O) groups excluding carboxylic acids is 3. The maximum atomic E-state index is 13.0. The number of likely N-dealkylation sites (tertiary alicyclic amines) is 1. The van der Waals surface area contributed by atoms with E-state index in [1.165, 1.54) is 4.90 Å². The van der Waals surface area contributed by atoms with Gasteiger partial charge in [-0.3, -0.25) is 19.3 Å². The van der Waals surface area contributed by atoms with E-state index in [2.05, 4.69) is 31.3 Å². The van der Waals surface area contributed by atoms with Crippen molar-refractivity contribution in [3.8, 4) is 0 Å². The highest BCUT2D eigenvalue weighted by Crippen LogP contribution is 2.65. The monoisotopic (exact) mass is 378 g/mol. The Bertz CT molecular complexity index is 847. The molecule has 1 saturated heterocycles. The van der Waals surface area contributed by atoms with Gasteiger partial charge in [-0.15, -0.1) is 0 Å². The van der Waals surface area contributed by atoms with Crippen LogP contribution < -0.4 is 5.32 Å². The number of para-hydroxylation sites is 1. The number of benzene rings is 1. The Morgan fingerprint density at radius 2 is 1.54 bits per heavy atom. The molecule has 28 heavy (non-hydrogen) atoms. The molecule has 1 aliphatic heterocycles. The third-order valence-electron chi connectivity index (χ3n) is 7.32. The third-order valence-corrected chi connectivity index (χ3v) is 7.32. The summed E-state index contributed by atoms with van der Waals surface area (Å²) in [5.41, 5.74) is 2.97. The highest BCUT2D eigenvalue weighted by Gasteiger charge is 2.67. The minimum Gasteiger partial charge on any atom is -0.324 e. The first kappa shape index (κ1) is 17.7. The van der Waals surface area contributed by atoms with Crippen LogP contribution in [0.3, 0.4) is 0 Å². The quantitative estimate of drug-likeness (QED) is 0.633. The van der Waals surface area contributed by atoms with Crippen molar-refractivity contribution in [3.05, 3.63) is 41.5 Å². The van der Waals surface area contributed by atoms with E-state index in [0.29, 0.717) is 11.8 Å². The van der Waals surface area contributed by atoms with Gasteiger partial charge in [-0.05, 0) is 54.1 Å². The Balaban J connectivity index is 1.35. The third kappa shape index (κ3) is 2.41. The van der Waals surface area contributed by atoms with E-state index in [0.717, 1.165) is 36.1 Å². The van der Waals surface area contributed by atoms with Gasteiger partial charge >= 0.3 is 0 Å². The Kier molecular flexibility index (Phi) is 3.97. The van der Waals surface area contributed by atoms with Crippen molar-refractivity contribution < 1.29 is 14.4 Å². The molecular formula is C23H26N2O3. The average Bonchev–Trinajstić information content (AvgIpc) is 3.49. The minimum atomic E-state index is -0.290. The zero-order chi connectivity index (χ0) is 19.6. The van der Waals surface area contributed by atoms with Crippen molar-refractivity contribution in [2.75, 3.05) is 11.9 Å². The fraction of sp³-hybridized carbons (Fsp3) is 0.522. The van der Waals surface area contributed by atoms with Gasteiger partial charge in [0.15, 0.2) is 0 Å². The van der Waals surface area contributed by atoms with E-state index in [-0.39, 0.29) is 47.9 Å². The largest absolute Gasteiger partial charge is 0.324 e. The molecular weight excluding hydrogens is 352 g/mol. The lowest BCUT2D eigenvalue weighted by molar-refractivity contribution is -0.142. The summed E-state index contributed by atoms with van der Waals surface area (Å²) < 4.78 is 0. The lowest BCUT2D eigenvalue weighted by Gasteiger charge is -2.37. The van der Waals surface area contributed by atoms with E-state index in [1.54, 1.807) is 0 Å². The molecule has 5 nitrogen and oxygen atoms in total.